The van der Waals surface area contributed by atoms with E-state index >= 15 is 0 Å². The fourth-order valence-corrected chi connectivity index (χ4v) is 1.57. The molecule has 86 valence electrons. The average Bonchev–Trinajstić information content (AvgIpc) is 2.08. The van der Waals surface area contributed by atoms with Crippen molar-refractivity contribution in [1.82, 2.24) is 0 Å². The van der Waals surface area contributed by atoms with Gasteiger partial charge in [0.25, 0.3) is 0 Å². The van der Waals surface area contributed by atoms with Crippen molar-refractivity contribution in [2.75, 3.05) is 6.61 Å². The molecule has 0 N–H and O–H groups in total. The molecule has 0 radical (unpaired) electrons. The fraction of sp³-hybridized carbons (Fsp3) is 1.00. The van der Waals surface area contributed by atoms with Crippen molar-refractivity contribution < 1.29 is 31.5 Å². The van der Waals surface area contributed by atoms with Crippen molar-refractivity contribution in [2.24, 2.45) is 5.92 Å². The third-order valence-electron chi connectivity index (χ3n) is 2.11. The Hall–Kier alpha value is 0.507. The molecule has 0 bridgehead atoms. The van der Waals surface area contributed by atoms with Crippen LogP contribution in [0, 0.1) is 5.92 Å². The number of hydrogen-bond acceptors (Lipinski definition) is 4. The second kappa shape index (κ2) is 12.6. The van der Waals surface area contributed by atoms with Crippen LogP contribution in [0.5, 0.6) is 0 Å². The first-order chi connectivity index (χ1) is 6.63. The van der Waals surface area contributed by atoms with Crippen LogP contribution in [0.4, 0.5) is 0 Å². The maximum absolute atomic E-state index is 9.99. The molecule has 0 rings (SSSR count). The Kier molecular flexibility index (Phi) is 15.0. The van der Waals surface area contributed by atoms with E-state index in [2.05, 4.69) is 18.0 Å². The largest absolute Gasteiger partial charge is 1.00 e. The molecule has 0 spiro atoms. The molecule has 0 aliphatic carbocycles. The molecule has 0 saturated heterocycles. The van der Waals surface area contributed by atoms with Crippen LogP contribution in [-0.4, -0.2) is 6.61 Å². The van der Waals surface area contributed by atoms with Crippen LogP contribution in [0.2, 0.25) is 0 Å². The topological polar surface area (TPSA) is 43.4 Å². The van der Waals surface area contributed by atoms with Gasteiger partial charge in [-0.3, -0.25) is 0 Å². The molecular weight excluding hydrogens is 207 g/mol. The molecule has 0 aliphatic heterocycles. The number of unbranched alkanes of at least 4 members (excludes halogenated alkanes) is 4. The second-order valence-electron chi connectivity index (χ2n) is 3.98. The van der Waals surface area contributed by atoms with Crippen LogP contribution in [0.3, 0.4) is 0 Å². The van der Waals surface area contributed by atoms with E-state index in [9.17, 15) is 8.42 Å². The summed E-state index contributed by atoms with van der Waals surface area (Å²) in [4.78, 5) is 0. The molecule has 0 saturated carbocycles. The summed E-state index contributed by atoms with van der Waals surface area (Å²) in [6, 6.07) is 0. The molecule has 0 aliphatic rings. The molecule has 0 amide bonds. The van der Waals surface area contributed by atoms with E-state index in [1.165, 1.54) is 25.7 Å². The maximum Gasteiger partial charge on any atom is 1.00 e. The van der Waals surface area contributed by atoms with E-state index < -0.39 is 11.0 Å². The van der Waals surface area contributed by atoms with Gasteiger partial charge in [-0.1, -0.05) is 46.0 Å². The molecule has 0 aromatic carbocycles. The Bertz CT molecular complexity index is 185. The zero-order valence-electron chi connectivity index (χ0n) is 10.2. The second-order valence-corrected chi connectivity index (χ2v) is 4.62. The smallest absolute Gasteiger partial charge is 0.424 e. The average molecular weight is 228 g/mol. The standard InChI is InChI=1S/C10H21O3S.Li/c1-10(2)8-6-4-3-5-7-9-13-14(11)12;/h10H,3-9H2,1-2H3;/q-1;+1. The summed E-state index contributed by atoms with van der Waals surface area (Å²) >= 11 is 0. The van der Waals surface area contributed by atoms with Gasteiger partial charge in [0.2, 0.25) is 0 Å². The van der Waals surface area contributed by atoms with Gasteiger partial charge in [-0.2, -0.15) is 0 Å². The van der Waals surface area contributed by atoms with Gasteiger partial charge >= 0.3 is 18.9 Å². The molecule has 0 aromatic heterocycles. The van der Waals surface area contributed by atoms with Gasteiger partial charge < -0.3 is 12.6 Å². The summed E-state index contributed by atoms with van der Waals surface area (Å²) in [5.74, 6) is 0.793. The van der Waals surface area contributed by atoms with E-state index in [4.69, 9.17) is 0 Å². The van der Waals surface area contributed by atoms with Gasteiger partial charge in [-0.05, 0) is 12.3 Å². The van der Waals surface area contributed by atoms with E-state index in [1.807, 2.05) is 0 Å². The van der Waals surface area contributed by atoms with Gasteiger partial charge in [-0.25, -0.2) is 0 Å². The summed E-state index contributed by atoms with van der Waals surface area (Å²) in [7, 11) is -2.33. The fourth-order valence-electron chi connectivity index (χ4n) is 1.31. The molecular formula is C10H21LiO3S. The predicted molar refractivity (Wildman–Crippen MR) is 57.2 cm³/mol. The van der Waals surface area contributed by atoms with Gasteiger partial charge in [0.05, 0.1) is 11.0 Å². The molecule has 0 heterocycles. The molecule has 0 atom stereocenters. The summed E-state index contributed by atoms with van der Waals surface area (Å²) in [6.45, 7) is 4.80. The Morgan fingerprint density at radius 1 is 1.00 bits per heavy atom. The first-order valence-electron chi connectivity index (χ1n) is 5.35. The van der Waals surface area contributed by atoms with Gasteiger partial charge in [-0.15, -0.1) is 0 Å². The van der Waals surface area contributed by atoms with E-state index in [0.29, 0.717) is 6.61 Å². The third kappa shape index (κ3) is 17.1. The van der Waals surface area contributed by atoms with E-state index in [1.54, 1.807) is 0 Å². The molecule has 0 fully saturated rings. The quantitative estimate of drug-likeness (QED) is 0.322. The first-order valence-corrected chi connectivity index (χ1v) is 6.35. The minimum atomic E-state index is -2.33. The minimum Gasteiger partial charge on any atom is -0.424 e. The SMILES string of the molecule is CC(C)CCCCCCCO[S-](=O)=O.[Li+]. The van der Waals surface area contributed by atoms with Crippen LogP contribution in [0.15, 0.2) is 0 Å². The van der Waals surface area contributed by atoms with Crippen LogP contribution in [-0.2, 0) is 23.6 Å². The predicted octanol–water partition coefficient (Wildman–Crippen LogP) is 0.228. The number of rotatable bonds is 9. The molecule has 15 heavy (non-hydrogen) atoms. The monoisotopic (exact) mass is 228 g/mol. The molecule has 3 nitrogen and oxygen atoms in total. The van der Waals surface area contributed by atoms with E-state index in [-0.39, 0.29) is 18.9 Å². The van der Waals surface area contributed by atoms with Crippen molar-refractivity contribution in [3.05, 3.63) is 0 Å². The first kappa shape index (κ1) is 17.9. The summed E-state index contributed by atoms with van der Waals surface area (Å²) in [5, 5.41) is 0. The van der Waals surface area contributed by atoms with Crippen molar-refractivity contribution in [3.8, 4) is 0 Å². The minimum absolute atomic E-state index is 0. The Balaban J connectivity index is 0. The van der Waals surface area contributed by atoms with Crippen molar-refractivity contribution in [2.45, 2.75) is 52.4 Å². The van der Waals surface area contributed by atoms with Gasteiger partial charge in [0, 0.05) is 6.61 Å². The van der Waals surface area contributed by atoms with Gasteiger partial charge in [0.15, 0.2) is 0 Å². The molecule has 0 unspecified atom stereocenters. The summed E-state index contributed by atoms with van der Waals surface area (Å²) in [5.41, 5.74) is 0. The zero-order valence-corrected chi connectivity index (χ0v) is 11.0. The Morgan fingerprint density at radius 2 is 1.53 bits per heavy atom. The molecule has 0 aromatic rings. The summed E-state index contributed by atoms with van der Waals surface area (Å²) in [6.07, 6.45) is 6.91. The van der Waals surface area contributed by atoms with Crippen LogP contribution >= 0.6 is 0 Å². The van der Waals surface area contributed by atoms with Crippen molar-refractivity contribution >= 4 is 11.0 Å². The number of hydrogen-bond donors (Lipinski definition) is 0. The van der Waals surface area contributed by atoms with E-state index in [0.717, 1.165) is 18.8 Å². The van der Waals surface area contributed by atoms with Gasteiger partial charge in [0.1, 0.15) is 0 Å². The van der Waals surface area contributed by atoms with Crippen molar-refractivity contribution in [1.29, 1.82) is 0 Å². The van der Waals surface area contributed by atoms with Crippen LogP contribution in [0.1, 0.15) is 52.4 Å². The van der Waals surface area contributed by atoms with Crippen LogP contribution in [0.25, 0.3) is 0 Å². The Labute approximate surface area is 107 Å². The zero-order chi connectivity index (χ0) is 10.8. The normalized spacial score (nSPS) is 10.7. The van der Waals surface area contributed by atoms with Crippen LogP contribution < -0.4 is 18.9 Å². The molecule has 5 heteroatoms. The Morgan fingerprint density at radius 3 is 2.07 bits per heavy atom. The third-order valence-corrected chi connectivity index (χ3v) is 2.46. The summed E-state index contributed by atoms with van der Waals surface area (Å²) < 4.78 is 24.4. The maximum atomic E-state index is 9.99. The van der Waals surface area contributed by atoms with Crippen molar-refractivity contribution in [3.63, 3.8) is 0 Å².